The zero-order valence-corrected chi connectivity index (χ0v) is 5.58. The Morgan fingerprint density at radius 2 is 1.64 bits per heavy atom. The van der Waals surface area contributed by atoms with Crippen molar-refractivity contribution in [3.8, 4) is 11.5 Å². The molecule has 2 rings (SSSR count). The zero-order valence-electron chi connectivity index (χ0n) is 5.58. The third-order valence-electron chi connectivity index (χ3n) is 1.35. The molecule has 0 fully saturated rings. The summed E-state index contributed by atoms with van der Waals surface area (Å²) in [7, 11) is 4.92. The summed E-state index contributed by atoms with van der Waals surface area (Å²) in [5.74, 6) is -1.83. The Morgan fingerprint density at radius 3 is 2.09 bits per heavy atom. The average molecular weight is 150 g/mol. The lowest BCUT2D eigenvalue weighted by molar-refractivity contribution is -0.112. The first-order valence-electron chi connectivity index (χ1n) is 3.12. The van der Waals surface area contributed by atoms with Gasteiger partial charge in [-0.2, -0.15) is 4.39 Å². The van der Waals surface area contributed by atoms with Crippen molar-refractivity contribution in [3.63, 3.8) is 0 Å². The van der Waals surface area contributed by atoms with Crippen LogP contribution in [0.25, 0.3) is 0 Å². The molecule has 0 bridgehead atoms. The first-order valence-corrected chi connectivity index (χ1v) is 3.12. The number of alkyl halides is 1. The van der Waals surface area contributed by atoms with E-state index in [0.717, 1.165) is 0 Å². The molecule has 0 atom stereocenters. The van der Waals surface area contributed by atoms with Gasteiger partial charge >= 0.3 is 5.94 Å². The molecular weight excluding hydrogens is 146 g/mol. The molecule has 0 spiro atoms. The number of fused-ring (bicyclic) bond motifs is 1. The third-order valence-corrected chi connectivity index (χ3v) is 1.35. The van der Waals surface area contributed by atoms with Crippen LogP contribution in [0, 0.1) is 0 Å². The Morgan fingerprint density at radius 1 is 1.18 bits per heavy atom. The number of hydrogen-bond donors (Lipinski definition) is 0. The SMILES string of the molecule is [B]C1(F)Oc2ccccc2O1. The van der Waals surface area contributed by atoms with Crippen molar-refractivity contribution in [1.82, 2.24) is 0 Å². The molecule has 0 amide bonds. The molecule has 1 heterocycles. The van der Waals surface area contributed by atoms with Gasteiger partial charge in [0.2, 0.25) is 7.85 Å². The Hall–Kier alpha value is -1.19. The van der Waals surface area contributed by atoms with Crippen LogP contribution in [0.4, 0.5) is 4.39 Å². The van der Waals surface area contributed by atoms with Gasteiger partial charge in [0.1, 0.15) is 0 Å². The van der Waals surface area contributed by atoms with E-state index in [1.165, 1.54) is 0 Å². The monoisotopic (exact) mass is 150 g/mol. The molecular formula is C7H4BFO2. The van der Waals surface area contributed by atoms with Crippen molar-refractivity contribution in [2.45, 2.75) is 5.94 Å². The molecule has 2 radical (unpaired) electrons. The second-order valence-electron chi connectivity index (χ2n) is 2.23. The van der Waals surface area contributed by atoms with Crippen molar-refractivity contribution in [3.05, 3.63) is 24.3 Å². The van der Waals surface area contributed by atoms with Gasteiger partial charge < -0.3 is 9.47 Å². The van der Waals surface area contributed by atoms with E-state index in [2.05, 4.69) is 9.47 Å². The minimum absolute atomic E-state index is 0.331. The van der Waals surface area contributed by atoms with E-state index in [1.54, 1.807) is 24.3 Å². The van der Waals surface area contributed by atoms with Crippen LogP contribution in [0.3, 0.4) is 0 Å². The summed E-state index contributed by atoms with van der Waals surface area (Å²) in [4.78, 5) is 0. The van der Waals surface area contributed by atoms with Gasteiger partial charge in [-0.15, -0.1) is 0 Å². The minimum atomic E-state index is -2.50. The lowest BCUT2D eigenvalue weighted by Gasteiger charge is -2.11. The van der Waals surface area contributed by atoms with E-state index in [1.807, 2.05) is 0 Å². The van der Waals surface area contributed by atoms with Gasteiger partial charge in [0.15, 0.2) is 11.5 Å². The van der Waals surface area contributed by atoms with Crippen molar-refractivity contribution in [1.29, 1.82) is 0 Å². The van der Waals surface area contributed by atoms with E-state index in [0.29, 0.717) is 11.5 Å². The van der Waals surface area contributed by atoms with Crippen LogP contribution in [-0.2, 0) is 0 Å². The fourth-order valence-corrected chi connectivity index (χ4v) is 0.940. The lowest BCUT2D eigenvalue weighted by atomic mass is 10.1. The zero-order chi connectivity index (χ0) is 7.90. The van der Waals surface area contributed by atoms with Gasteiger partial charge in [-0.3, -0.25) is 0 Å². The second-order valence-corrected chi connectivity index (χ2v) is 2.23. The summed E-state index contributed by atoms with van der Waals surface area (Å²) < 4.78 is 21.9. The fraction of sp³-hybridized carbons (Fsp3) is 0.143. The van der Waals surface area contributed by atoms with Crippen LogP contribution in [0.15, 0.2) is 24.3 Å². The molecule has 0 unspecified atom stereocenters. The summed E-state index contributed by atoms with van der Waals surface area (Å²) in [6, 6.07) is 6.60. The highest BCUT2D eigenvalue weighted by Gasteiger charge is 2.34. The molecule has 0 aromatic heterocycles. The number of rotatable bonds is 0. The maximum atomic E-state index is 12.7. The molecule has 54 valence electrons. The third kappa shape index (κ3) is 1.04. The highest BCUT2D eigenvalue weighted by Crippen LogP contribution is 2.37. The number of benzene rings is 1. The molecule has 0 N–H and O–H groups in total. The Kier molecular flexibility index (Phi) is 1.13. The van der Waals surface area contributed by atoms with E-state index >= 15 is 0 Å². The Labute approximate surface area is 64.3 Å². The van der Waals surface area contributed by atoms with Gasteiger partial charge in [0.25, 0.3) is 0 Å². The van der Waals surface area contributed by atoms with E-state index in [4.69, 9.17) is 7.85 Å². The molecule has 0 saturated carbocycles. The predicted octanol–water partition coefficient (Wildman–Crippen LogP) is 1.21. The van der Waals surface area contributed by atoms with E-state index in [-0.39, 0.29) is 0 Å². The number of hydrogen-bond acceptors (Lipinski definition) is 2. The second kappa shape index (κ2) is 1.90. The molecule has 4 heteroatoms. The Bertz CT molecular complexity index is 261. The lowest BCUT2D eigenvalue weighted by Crippen LogP contribution is -2.32. The van der Waals surface area contributed by atoms with Crippen LogP contribution in [0.1, 0.15) is 0 Å². The van der Waals surface area contributed by atoms with Gasteiger partial charge in [0.05, 0.1) is 0 Å². The average Bonchev–Trinajstić information content (AvgIpc) is 2.21. The van der Waals surface area contributed by atoms with Crippen LogP contribution in [-0.4, -0.2) is 13.8 Å². The molecule has 0 aliphatic carbocycles. The highest BCUT2D eigenvalue weighted by atomic mass is 19.2. The van der Waals surface area contributed by atoms with Gasteiger partial charge in [0, 0.05) is 0 Å². The van der Waals surface area contributed by atoms with Crippen molar-refractivity contribution in [2.24, 2.45) is 0 Å². The molecule has 11 heavy (non-hydrogen) atoms. The minimum Gasteiger partial charge on any atom is -0.432 e. The first kappa shape index (κ1) is 6.52. The van der Waals surface area contributed by atoms with Gasteiger partial charge in [-0.25, -0.2) is 0 Å². The van der Waals surface area contributed by atoms with Crippen LogP contribution in [0.5, 0.6) is 11.5 Å². The number of halogens is 1. The maximum Gasteiger partial charge on any atom is 0.341 e. The first-order chi connectivity index (χ1) is 5.17. The molecule has 1 aliphatic rings. The standard InChI is InChI=1S/C7H4BFO2/c8-7(9)10-5-3-1-2-4-6(5)11-7/h1-4H. The van der Waals surface area contributed by atoms with Crippen molar-refractivity contribution >= 4 is 7.85 Å². The van der Waals surface area contributed by atoms with Crippen molar-refractivity contribution < 1.29 is 13.9 Å². The summed E-state index contributed by atoms with van der Waals surface area (Å²) in [5, 5.41) is 0. The molecule has 2 nitrogen and oxygen atoms in total. The fourth-order valence-electron chi connectivity index (χ4n) is 0.940. The molecule has 1 aromatic rings. The number of para-hydroxylation sites is 2. The van der Waals surface area contributed by atoms with Crippen LogP contribution < -0.4 is 9.47 Å². The maximum absolute atomic E-state index is 12.7. The molecule has 0 saturated heterocycles. The predicted molar refractivity (Wildman–Crippen MR) is 37.3 cm³/mol. The van der Waals surface area contributed by atoms with E-state index < -0.39 is 5.94 Å². The Balaban J connectivity index is 2.41. The van der Waals surface area contributed by atoms with Gasteiger partial charge in [-0.1, -0.05) is 12.1 Å². The van der Waals surface area contributed by atoms with Gasteiger partial charge in [-0.05, 0) is 12.1 Å². The highest BCUT2D eigenvalue weighted by molar-refractivity contribution is 6.12. The topological polar surface area (TPSA) is 18.5 Å². The van der Waals surface area contributed by atoms with Crippen molar-refractivity contribution in [2.75, 3.05) is 0 Å². The van der Waals surface area contributed by atoms with E-state index in [9.17, 15) is 4.39 Å². The molecule has 1 aliphatic heterocycles. The normalized spacial score (nSPS) is 18.3. The quantitative estimate of drug-likeness (QED) is 0.517. The molecule has 1 aromatic carbocycles. The largest absolute Gasteiger partial charge is 0.432 e. The van der Waals surface area contributed by atoms with Crippen LogP contribution >= 0.6 is 0 Å². The van der Waals surface area contributed by atoms with Crippen LogP contribution in [0.2, 0.25) is 0 Å². The summed E-state index contributed by atoms with van der Waals surface area (Å²) in [6.45, 7) is 0. The number of ether oxygens (including phenoxy) is 2. The smallest absolute Gasteiger partial charge is 0.341 e. The summed E-state index contributed by atoms with van der Waals surface area (Å²) in [6.07, 6.45) is 0. The summed E-state index contributed by atoms with van der Waals surface area (Å²) >= 11 is 0. The summed E-state index contributed by atoms with van der Waals surface area (Å²) in [5.41, 5.74) is 0.